The van der Waals surface area contributed by atoms with E-state index in [0.717, 1.165) is 6.07 Å². The van der Waals surface area contributed by atoms with Crippen molar-refractivity contribution >= 4 is 0 Å². The van der Waals surface area contributed by atoms with Crippen LogP contribution in [0.2, 0.25) is 0 Å². The molecule has 19 heavy (non-hydrogen) atoms. The summed E-state index contributed by atoms with van der Waals surface area (Å²) < 4.78 is 57.9. The van der Waals surface area contributed by atoms with Gasteiger partial charge in [0.25, 0.3) is 6.43 Å². The van der Waals surface area contributed by atoms with Gasteiger partial charge in [-0.3, -0.25) is 0 Å². The fraction of sp³-hybridized carbons (Fsp3) is 0.143. The average molecular weight is 270 g/mol. The summed E-state index contributed by atoms with van der Waals surface area (Å²) in [7, 11) is 1.24. The van der Waals surface area contributed by atoms with Crippen molar-refractivity contribution in [3.63, 3.8) is 0 Å². The van der Waals surface area contributed by atoms with E-state index in [2.05, 4.69) is 0 Å². The van der Waals surface area contributed by atoms with Crippen molar-refractivity contribution in [2.45, 2.75) is 6.43 Å². The Hall–Kier alpha value is -2.04. The van der Waals surface area contributed by atoms with Crippen molar-refractivity contribution in [3.05, 3.63) is 53.6 Å². The maximum atomic E-state index is 13.7. The predicted molar refractivity (Wildman–Crippen MR) is 63.3 cm³/mol. The third-order valence-corrected chi connectivity index (χ3v) is 2.75. The van der Waals surface area contributed by atoms with Crippen molar-refractivity contribution in [2.24, 2.45) is 0 Å². The summed E-state index contributed by atoms with van der Waals surface area (Å²) in [5, 5.41) is 0. The topological polar surface area (TPSA) is 9.23 Å². The van der Waals surface area contributed by atoms with Crippen LogP contribution in [-0.4, -0.2) is 7.11 Å². The van der Waals surface area contributed by atoms with Gasteiger partial charge in [0, 0.05) is 5.56 Å². The largest absolute Gasteiger partial charge is 0.496 e. The molecule has 5 heteroatoms. The molecule has 0 heterocycles. The van der Waals surface area contributed by atoms with Crippen molar-refractivity contribution in [2.75, 3.05) is 7.11 Å². The lowest BCUT2D eigenvalue weighted by molar-refractivity contribution is 0.147. The zero-order chi connectivity index (χ0) is 14.0. The van der Waals surface area contributed by atoms with E-state index in [-0.39, 0.29) is 16.9 Å². The standard InChI is InChI=1S/C14H10F4O/c1-19-11-7-3-4-8(12(11)14(17)18)9-5-2-6-10(15)13(9)16/h2-7,14H,1H3. The highest BCUT2D eigenvalue weighted by Crippen LogP contribution is 2.38. The lowest BCUT2D eigenvalue weighted by Crippen LogP contribution is -1.98. The van der Waals surface area contributed by atoms with Crippen LogP contribution in [0.25, 0.3) is 11.1 Å². The Labute approximate surface area is 107 Å². The molecule has 0 unspecified atom stereocenters. The number of alkyl halides is 2. The highest BCUT2D eigenvalue weighted by Gasteiger charge is 2.22. The van der Waals surface area contributed by atoms with Gasteiger partial charge in [-0.1, -0.05) is 24.3 Å². The van der Waals surface area contributed by atoms with Gasteiger partial charge < -0.3 is 4.74 Å². The molecule has 2 aromatic carbocycles. The fourth-order valence-electron chi connectivity index (χ4n) is 1.89. The van der Waals surface area contributed by atoms with Crippen LogP contribution < -0.4 is 4.74 Å². The Morgan fingerprint density at radius 3 is 2.21 bits per heavy atom. The van der Waals surface area contributed by atoms with Gasteiger partial charge in [-0.15, -0.1) is 0 Å². The van der Waals surface area contributed by atoms with E-state index in [9.17, 15) is 17.6 Å². The summed E-state index contributed by atoms with van der Waals surface area (Å²) in [4.78, 5) is 0. The first-order valence-corrected chi connectivity index (χ1v) is 5.45. The minimum absolute atomic E-state index is 0.0591. The molecule has 0 N–H and O–H groups in total. The average Bonchev–Trinajstić information content (AvgIpc) is 2.40. The maximum Gasteiger partial charge on any atom is 0.268 e. The van der Waals surface area contributed by atoms with E-state index in [4.69, 9.17) is 4.74 Å². The molecule has 0 aromatic heterocycles. The normalized spacial score (nSPS) is 10.8. The van der Waals surface area contributed by atoms with Gasteiger partial charge in [0.1, 0.15) is 5.75 Å². The third kappa shape index (κ3) is 2.41. The summed E-state index contributed by atoms with van der Waals surface area (Å²) in [6, 6.07) is 7.55. The zero-order valence-corrected chi connectivity index (χ0v) is 9.96. The number of hydrogen-bond acceptors (Lipinski definition) is 1. The Kier molecular flexibility index (Phi) is 3.74. The van der Waals surface area contributed by atoms with Crippen molar-refractivity contribution < 1.29 is 22.3 Å². The Morgan fingerprint density at radius 2 is 1.58 bits per heavy atom. The molecule has 1 nitrogen and oxygen atoms in total. The van der Waals surface area contributed by atoms with Gasteiger partial charge in [0.2, 0.25) is 0 Å². The lowest BCUT2D eigenvalue weighted by Gasteiger charge is -2.14. The molecule has 2 rings (SSSR count). The lowest BCUT2D eigenvalue weighted by atomic mass is 9.98. The summed E-state index contributed by atoms with van der Waals surface area (Å²) in [5.74, 6) is -2.30. The van der Waals surface area contributed by atoms with E-state index < -0.39 is 23.6 Å². The van der Waals surface area contributed by atoms with E-state index >= 15 is 0 Å². The molecule has 100 valence electrons. The monoisotopic (exact) mass is 270 g/mol. The Bertz CT molecular complexity index is 596. The van der Waals surface area contributed by atoms with Gasteiger partial charge in [0.15, 0.2) is 11.6 Å². The van der Waals surface area contributed by atoms with Crippen LogP contribution in [0.5, 0.6) is 5.75 Å². The van der Waals surface area contributed by atoms with E-state index in [1.807, 2.05) is 0 Å². The molecule has 0 fully saturated rings. The summed E-state index contributed by atoms with van der Waals surface area (Å²) in [6.07, 6.45) is -2.85. The highest BCUT2D eigenvalue weighted by atomic mass is 19.3. The third-order valence-electron chi connectivity index (χ3n) is 2.75. The number of ether oxygens (including phenoxy) is 1. The number of rotatable bonds is 3. The van der Waals surface area contributed by atoms with Crippen LogP contribution in [0.15, 0.2) is 36.4 Å². The van der Waals surface area contributed by atoms with E-state index in [1.54, 1.807) is 0 Å². The van der Waals surface area contributed by atoms with E-state index in [0.29, 0.717) is 0 Å². The molecule has 0 atom stereocenters. The molecule has 0 aliphatic rings. The molecule has 0 saturated heterocycles. The van der Waals surface area contributed by atoms with Gasteiger partial charge in [-0.05, 0) is 17.7 Å². The number of hydrogen-bond donors (Lipinski definition) is 0. The fourth-order valence-corrected chi connectivity index (χ4v) is 1.89. The van der Waals surface area contributed by atoms with Crippen LogP contribution >= 0.6 is 0 Å². The summed E-state index contributed by atoms with van der Waals surface area (Å²) >= 11 is 0. The number of benzene rings is 2. The second-order valence-electron chi connectivity index (χ2n) is 3.82. The molecule has 0 aliphatic carbocycles. The first-order valence-electron chi connectivity index (χ1n) is 5.45. The first kappa shape index (κ1) is 13.4. The summed E-state index contributed by atoms with van der Waals surface area (Å²) in [5.41, 5.74) is -0.741. The first-order chi connectivity index (χ1) is 9.06. The molecule has 0 spiro atoms. The molecule has 0 aliphatic heterocycles. The van der Waals surface area contributed by atoms with Gasteiger partial charge in [0.05, 0.1) is 12.7 Å². The van der Waals surface area contributed by atoms with Crippen molar-refractivity contribution in [3.8, 4) is 16.9 Å². The SMILES string of the molecule is COc1cccc(-c2cccc(F)c2F)c1C(F)F. The van der Waals surface area contributed by atoms with Crippen LogP contribution in [0.3, 0.4) is 0 Å². The molecule has 0 saturated carbocycles. The van der Waals surface area contributed by atoms with Crippen LogP contribution in [0.4, 0.5) is 17.6 Å². The molecule has 0 bridgehead atoms. The molecule has 2 aromatic rings. The smallest absolute Gasteiger partial charge is 0.268 e. The summed E-state index contributed by atoms with van der Waals surface area (Å²) in [6.45, 7) is 0. The number of methoxy groups -OCH3 is 1. The predicted octanol–water partition coefficient (Wildman–Crippen LogP) is 4.58. The van der Waals surface area contributed by atoms with Crippen LogP contribution in [0.1, 0.15) is 12.0 Å². The Balaban J connectivity index is 2.72. The second-order valence-corrected chi connectivity index (χ2v) is 3.82. The van der Waals surface area contributed by atoms with Crippen molar-refractivity contribution in [1.29, 1.82) is 0 Å². The molecular formula is C14H10F4O. The van der Waals surface area contributed by atoms with Gasteiger partial charge >= 0.3 is 0 Å². The number of halogens is 4. The van der Waals surface area contributed by atoms with Crippen molar-refractivity contribution in [1.82, 2.24) is 0 Å². The zero-order valence-electron chi connectivity index (χ0n) is 9.96. The van der Waals surface area contributed by atoms with Crippen LogP contribution in [0, 0.1) is 11.6 Å². The second kappa shape index (κ2) is 5.30. The maximum absolute atomic E-state index is 13.7. The van der Waals surface area contributed by atoms with Gasteiger partial charge in [-0.25, -0.2) is 17.6 Å². The van der Waals surface area contributed by atoms with E-state index in [1.165, 1.54) is 37.4 Å². The molecule has 0 amide bonds. The molecular weight excluding hydrogens is 260 g/mol. The molecule has 0 radical (unpaired) electrons. The quantitative estimate of drug-likeness (QED) is 0.742. The highest BCUT2D eigenvalue weighted by molar-refractivity contribution is 5.71. The van der Waals surface area contributed by atoms with Crippen LogP contribution in [-0.2, 0) is 0 Å². The minimum Gasteiger partial charge on any atom is -0.496 e. The minimum atomic E-state index is -2.85. The van der Waals surface area contributed by atoms with Gasteiger partial charge in [-0.2, -0.15) is 0 Å². The Morgan fingerprint density at radius 1 is 0.947 bits per heavy atom.